The number of aromatic nitrogens is 1. The van der Waals surface area contributed by atoms with E-state index in [1.54, 1.807) is 18.8 Å². The molecular formula is C12H18N4O3S. The lowest BCUT2D eigenvalue weighted by Gasteiger charge is -2.18. The van der Waals surface area contributed by atoms with Gasteiger partial charge in [-0.15, -0.1) is 0 Å². The normalized spacial score (nSPS) is 10.2. The summed E-state index contributed by atoms with van der Waals surface area (Å²) in [5, 5.41) is 13.8. The van der Waals surface area contributed by atoms with Crippen LogP contribution in [0.1, 0.15) is 17.3 Å². The zero-order valence-corrected chi connectivity index (χ0v) is 12.6. The van der Waals surface area contributed by atoms with Gasteiger partial charge in [-0.1, -0.05) is 0 Å². The van der Waals surface area contributed by atoms with Gasteiger partial charge in [-0.2, -0.15) is 11.8 Å². The average Bonchev–Trinajstić information content (AvgIpc) is 2.44. The van der Waals surface area contributed by atoms with Crippen LogP contribution in [0, 0.1) is 10.1 Å². The average molecular weight is 298 g/mol. The Morgan fingerprint density at radius 3 is 2.85 bits per heavy atom. The number of amides is 1. The molecule has 110 valence electrons. The van der Waals surface area contributed by atoms with Gasteiger partial charge in [0.25, 0.3) is 11.6 Å². The minimum atomic E-state index is -0.554. The van der Waals surface area contributed by atoms with Crippen molar-refractivity contribution in [3.63, 3.8) is 0 Å². The van der Waals surface area contributed by atoms with Gasteiger partial charge >= 0.3 is 0 Å². The molecule has 1 heterocycles. The summed E-state index contributed by atoms with van der Waals surface area (Å²) >= 11 is 1.63. The summed E-state index contributed by atoms with van der Waals surface area (Å²) in [7, 11) is 1.67. The van der Waals surface area contributed by atoms with Crippen molar-refractivity contribution in [2.24, 2.45) is 0 Å². The molecule has 0 saturated heterocycles. The van der Waals surface area contributed by atoms with E-state index in [0.717, 1.165) is 11.9 Å². The highest BCUT2D eigenvalue weighted by molar-refractivity contribution is 7.98. The van der Waals surface area contributed by atoms with E-state index in [2.05, 4.69) is 10.3 Å². The first-order valence-corrected chi connectivity index (χ1v) is 7.53. The van der Waals surface area contributed by atoms with Crippen molar-refractivity contribution in [2.45, 2.75) is 6.92 Å². The lowest BCUT2D eigenvalue weighted by atomic mass is 10.2. The molecule has 0 radical (unpaired) electrons. The van der Waals surface area contributed by atoms with E-state index < -0.39 is 4.92 Å². The zero-order valence-electron chi connectivity index (χ0n) is 11.8. The van der Waals surface area contributed by atoms with Gasteiger partial charge in [0.1, 0.15) is 12.0 Å². The van der Waals surface area contributed by atoms with Crippen LogP contribution < -0.4 is 5.32 Å². The van der Waals surface area contributed by atoms with Crippen molar-refractivity contribution in [1.82, 2.24) is 9.88 Å². The number of hydrogen-bond donors (Lipinski definition) is 1. The van der Waals surface area contributed by atoms with Gasteiger partial charge in [-0.05, 0) is 13.2 Å². The highest BCUT2D eigenvalue weighted by Crippen LogP contribution is 2.20. The molecule has 0 spiro atoms. The third kappa shape index (κ3) is 4.09. The van der Waals surface area contributed by atoms with E-state index >= 15 is 0 Å². The monoisotopic (exact) mass is 298 g/mol. The first kappa shape index (κ1) is 16.2. The predicted octanol–water partition coefficient (Wildman–Crippen LogP) is 1.86. The van der Waals surface area contributed by atoms with Gasteiger partial charge in [0.15, 0.2) is 0 Å². The Morgan fingerprint density at radius 2 is 2.30 bits per heavy atom. The first-order valence-electron chi connectivity index (χ1n) is 6.14. The third-order valence-electron chi connectivity index (χ3n) is 2.64. The fraction of sp³-hybridized carbons (Fsp3) is 0.500. The smallest absolute Gasteiger partial charge is 0.288 e. The summed E-state index contributed by atoms with van der Waals surface area (Å²) in [6.07, 6.45) is 3.11. The molecule has 1 N–H and O–H groups in total. The fourth-order valence-electron chi connectivity index (χ4n) is 1.56. The molecule has 0 aromatic carbocycles. The van der Waals surface area contributed by atoms with Crippen LogP contribution in [0.15, 0.2) is 12.3 Å². The fourth-order valence-corrected chi connectivity index (χ4v) is 2.02. The standard InChI is InChI=1S/C12H18N4O3S/c1-4-13-11-10(7-9(8-14-11)16(18)19)12(17)15(2)5-6-20-3/h7-8H,4-6H2,1-3H3,(H,13,14). The topological polar surface area (TPSA) is 88.4 Å². The molecule has 0 atom stereocenters. The molecule has 1 aromatic heterocycles. The molecule has 7 nitrogen and oxygen atoms in total. The van der Waals surface area contributed by atoms with Crippen molar-refractivity contribution in [1.29, 1.82) is 0 Å². The Balaban J connectivity index is 3.07. The largest absolute Gasteiger partial charge is 0.370 e. The maximum absolute atomic E-state index is 12.3. The molecule has 1 aromatic rings. The molecule has 0 unspecified atom stereocenters. The third-order valence-corrected chi connectivity index (χ3v) is 3.23. The van der Waals surface area contributed by atoms with Crippen LogP contribution in [-0.4, -0.2) is 52.9 Å². The second-order valence-electron chi connectivity index (χ2n) is 4.10. The summed E-state index contributed by atoms with van der Waals surface area (Å²) < 4.78 is 0. The number of pyridine rings is 1. The van der Waals surface area contributed by atoms with Crippen LogP contribution in [0.3, 0.4) is 0 Å². The van der Waals surface area contributed by atoms with E-state index in [1.165, 1.54) is 11.0 Å². The SMILES string of the molecule is CCNc1ncc([N+](=O)[O-])cc1C(=O)N(C)CCSC. The summed E-state index contributed by atoms with van der Waals surface area (Å²) in [5.41, 5.74) is 0.0397. The molecule has 1 rings (SSSR count). The number of rotatable bonds is 7. The highest BCUT2D eigenvalue weighted by atomic mass is 32.2. The van der Waals surface area contributed by atoms with Gasteiger partial charge in [0.2, 0.25) is 0 Å². The van der Waals surface area contributed by atoms with Gasteiger partial charge in [0.05, 0.1) is 10.5 Å². The van der Waals surface area contributed by atoms with Crippen LogP contribution in [0.25, 0.3) is 0 Å². The predicted molar refractivity (Wildman–Crippen MR) is 80.4 cm³/mol. The number of nitro groups is 1. The summed E-state index contributed by atoms with van der Waals surface area (Å²) in [4.78, 5) is 28.1. The van der Waals surface area contributed by atoms with E-state index in [0.29, 0.717) is 18.9 Å². The molecule has 0 aliphatic rings. The van der Waals surface area contributed by atoms with Crippen molar-refractivity contribution in [3.05, 3.63) is 27.9 Å². The number of thioether (sulfide) groups is 1. The number of hydrogen-bond acceptors (Lipinski definition) is 6. The molecule has 0 aliphatic heterocycles. The molecule has 8 heteroatoms. The summed E-state index contributed by atoms with van der Waals surface area (Å²) in [6, 6.07) is 1.27. The minimum Gasteiger partial charge on any atom is -0.370 e. The number of carbonyl (C=O) groups is 1. The second kappa shape index (κ2) is 7.68. The van der Waals surface area contributed by atoms with Gasteiger partial charge in [-0.25, -0.2) is 4.98 Å². The van der Waals surface area contributed by atoms with Crippen LogP contribution in [0.5, 0.6) is 0 Å². The molecule has 0 saturated carbocycles. The van der Waals surface area contributed by atoms with E-state index in [4.69, 9.17) is 0 Å². The van der Waals surface area contributed by atoms with Crippen LogP contribution in [-0.2, 0) is 0 Å². The Kier molecular flexibility index (Phi) is 6.23. The second-order valence-corrected chi connectivity index (χ2v) is 5.08. The number of nitrogens with one attached hydrogen (secondary N) is 1. The van der Waals surface area contributed by atoms with E-state index in [-0.39, 0.29) is 17.2 Å². The maximum atomic E-state index is 12.3. The molecule has 0 bridgehead atoms. The van der Waals surface area contributed by atoms with Crippen molar-refractivity contribution in [3.8, 4) is 0 Å². The number of carbonyl (C=O) groups excluding carboxylic acids is 1. The van der Waals surface area contributed by atoms with Crippen molar-refractivity contribution < 1.29 is 9.72 Å². The maximum Gasteiger partial charge on any atom is 0.288 e. The summed E-state index contributed by atoms with van der Waals surface area (Å²) in [5.74, 6) is 0.909. The molecule has 0 fully saturated rings. The summed E-state index contributed by atoms with van der Waals surface area (Å²) in [6.45, 7) is 3.03. The Hall–Kier alpha value is -1.83. The minimum absolute atomic E-state index is 0.187. The molecular weight excluding hydrogens is 280 g/mol. The van der Waals surface area contributed by atoms with E-state index in [9.17, 15) is 14.9 Å². The Bertz CT molecular complexity index is 496. The van der Waals surface area contributed by atoms with Crippen LogP contribution >= 0.6 is 11.8 Å². The number of anilines is 1. The number of nitrogens with zero attached hydrogens (tertiary/aromatic N) is 3. The molecule has 20 heavy (non-hydrogen) atoms. The van der Waals surface area contributed by atoms with E-state index in [1.807, 2.05) is 13.2 Å². The highest BCUT2D eigenvalue weighted by Gasteiger charge is 2.20. The molecule has 1 amide bonds. The zero-order chi connectivity index (χ0) is 15.1. The lowest BCUT2D eigenvalue weighted by molar-refractivity contribution is -0.385. The van der Waals surface area contributed by atoms with Gasteiger partial charge < -0.3 is 10.2 Å². The van der Waals surface area contributed by atoms with Gasteiger partial charge in [-0.3, -0.25) is 14.9 Å². The molecule has 0 aliphatic carbocycles. The first-order chi connectivity index (χ1) is 9.51. The van der Waals surface area contributed by atoms with Crippen molar-refractivity contribution >= 4 is 29.2 Å². The van der Waals surface area contributed by atoms with Gasteiger partial charge in [0, 0.05) is 32.0 Å². The van der Waals surface area contributed by atoms with Crippen LogP contribution in [0.4, 0.5) is 11.5 Å². The van der Waals surface area contributed by atoms with Crippen LogP contribution in [0.2, 0.25) is 0 Å². The van der Waals surface area contributed by atoms with Crippen molar-refractivity contribution in [2.75, 3.05) is 37.5 Å². The Labute approximate surface area is 121 Å². The lowest BCUT2D eigenvalue weighted by Crippen LogP contribution is -2.30. The quantitative estimate of drug-likeness (QED) is 0.610. The Morgan fingerprint density at radius 1 is 1.60 bits per heavy atom.